The summed E-state index contributed by atoms with van der Waals surface area (Å²) in [6.07, 6.45) is 0.0125. The number of benzene rings is 2. The normalized spacial score (nSPS) is 13.6. The first-order valence-corrected chi connectivity index (χ1v) is 10.2. The summed E-state index contributed by atoms with van der Waals surface area (Å²) in [5, 5.41) is 5.76. The second-order valence-electron chi connectivity index (χ2n) is 7.09. The molecule has 0 unspecified atom stereocenters. The van der Waals surface area contributed by atoms with Gasteiger partial charge in [0.2, 0.25) is 0 Å². The minimum atomic E-state index is -0.345. The zero-order chi connectivity index (χ0) is 21.5. The van der Waals surface area contributed by atoms with E-state index in [-0.39, 0.29) is 23.0 Å². The van der Waals surface area contributed by atoms with Crippen molar-refractivity contribution in [3.05, 3.63) is 59.7 Å². The molecule has 0 aromatic heterocycles. The van der Waals surface area contributed by atoms with Crippen molar-refractivity contribution in [3.63, 3.8) is 0 Å². The third-order valence-electron chi connectivity index (χ3n) is 4.36. The zero-order valence-corrected chi connectivity index (χ0v) is 17.8. The van der Waals surface area contributed by atoms with Gasteiger partial charge in [0.05, 0.1) is 19.3 Å². The molecule has 0 atom stereocenters. The molecule has 30 heavy (non-hydrogen) atoms. The molecule has 2 aromatic rings. The Morgan fingerprint density at radius 2 is 1.77 bits per heavy atom. The number of ether oxygens (including phenoxy) is 2. The van der Waals surface area contributed by atoms with Crippen LogP contribution in [-0.4, -0.2) is 54.2 Å². The van der Waals surface area contributed by atoms with E-state index in [2.05, 4.69) is 10.6 Å². The van der Waals surface area contributed by atoms with Gasteiger partial charge in [-0.05, 0) is 62.5 Å². The largest absolute Gasteiger partial charge is 0.491 e. The molecule has 1 heterocycles. The number of carbonyl (C=O) groups excluding carboxylic acids is 2. The van der Waals surface area contributed by atoms with Gasteiger partial charge in [0.1, 0.15) is 5.75 Å². The van der Waals surface area contributed by atoms with Crippen LogP contribution in [0.2, 0.25) is 0 Å². The van der Waals surface area contributed by atoms with Crippen molar-refractivity contribution in [1.29, 1.82) is 0 Å². The van der Waals surface area contributed by atoms with Gasteiger partial charge in [0.15, 0.2) is 5.11 Å². The summed E-state index contributed by atoms with van der Waals surface area (Å²) in [7, 11) is 0. The lowest BCUT2D eigenvalue weighted by atomic mass is 10.1. The fourth-order valence-electron chi connectivity index (χ4n) is 3.00. The fourth-order valence-corrected chi connectivity index (χ4v) is 3.21. The van der Waals surface area contributed by atoms with Crippen LogP contribution in [0.5, 0.6) is 5.75 Å². The molecule has 1 saturated heterocycles. The van der Waals surface area contributed by atoms with Crippen LogP contribution in [0, 0.1) is 0 Å². The number of thiocarbonyl (C=S) groups is 1. The van der Waals surface area contributed by atoms with Gasteiger partial charge in [0, 0.05) is 29.9 Å². The zero-order valence-electron chi connectivity index (χ0n) is 17.0. The van der Waals surface area contributed by atoms with E-state index in [1.54, 1.807) is 53.4 Å². The second kappa shape index (κ2) is 10.2. The predicted molar refractivity (Wildman–Crippen MR) is 119 cm³/mol. The number of carbonyl (C=O) groups is 2. The molecule has 158 valence electrons. The van der Waals surface area contributed by atoms with Crippen molar-refractivity contribution >= 4 is 34.8 Å². The maximum absolute atomic E-state index is 12.6. The average molecular weight is 428 g/mol. The predicted octanol–water partition coefficient (Wildman–Crippen LogP) is 3.07. The first-order chi connectivity index (χ1) is 14.4. The first-order valence-electron chi connectivity index (χ1n) is 9.78. The van der Waals surface area contributed by atoms with Crippen LogP contribution in [0.3, 0.4) is 0 Å². The maximum Gasteiger partial charge on any atom is 0.257 e. The van der Waals surface area contributed by atoms with Gasteiger partial charge >= 0.3 is 0 Å². The first kappa shape index (κ1) is 21.7. The van der Waals surface area contributed by atoms with Crippen molar-refractivity contribution in [2.45, 2.75) is 20.0 Å². The number of hydrogen-bond donors (Lipinski definition) is 2. The average Bonchev–Trinajstić information content (AvgIpc) is 2.73. The van der Waals surface area contributed by atoms with E-state index in [0.717, 1.165) is 0 Å². The minimum Gasteiger partial charge on any atom is -0.491 e. The summed E-state index contributed by atoms with van der Waals surface area (Å²) in [6, 6.07) is 13.9. The quantitative estimate of drug-likeness (QED) is 0.714. The number of morpholine rings is 1. The van der Waals surface area contributed by atoms with E-state index in [1.165, 1.54) is 0 Å². The second-order valence-corrected chi connectivity index (χ2v) is 7.50. The van der Waals surface area contributed by atoms with E-state index in [1.807, 2.05) is 13.8 Å². The van der Waals surface area contributed by atoms with E-state index in [4.69, 9.17) is 21.7 Å². The van der Waals surface area contributed by atoms with E-state index < -0.39 is 0 Å². The lowest BCUT2D eigenvalue weighted by molar-refractivity contribution is 0.0303. The molecule has 2 amide bonds. The van der Waals surface area contributed by atoms with Crippen LogP contribution in [0.15, 0.2) is 48.5 Å². The molecular weight excluding hydrogens is 402 g/mol. The Hall–Kier alpha value is -2.97. The van der Waals surface area contributed by atoms with Gasteiger partial charge in [-0.3, -0.25) is 14.9 Å². The summed E-state index contributed by atoms with van der Waals surface area (Å²) >= 11 is 5.26. The fraction of sp³-hybridized carbons (Fsp3) is 0.318. The summed E-state index contributed by atoms with van der Waals surface area (Å²) in [5.41, 5.74) is 1.61. The molecular formula is C22H25N3O4S. The Bertz CT molecular complexity index is 926. The molecule has 2 N–H and O–H groups in total. The van der Waals surface area contributed by atoms with Crippen LogP contribution in [-0.2, 0) is 4.74 Å². The summed E-state index contributed by atoms with van der Waals surface area (Å²) in [5.74, 6) is 0.215. The number of hydrogen-bond acceptors (Lipinski definition) is 5. The molecule has 8 heteroatoms. The number of nitrogens with one attached hydrogen (secondary N) is 2. The van der Waals surface area contributed by atoms with Gasteiger partial charge in [-0.2, -0.15) is 0 Å². The molecule has 1 fully saturated rings. The Morgan fingerprint density at radius 1 is 1.07 bits per heavy atom. The van der Waals surface area contributed by atoms with Crippen molar-refractivity contribution in [3.8, 4) is 5.75 Å². The molecule has 0 saturated carbocycles. The Morgan fingerprint density at radius 3 is 2.50 bits per heavy atom. The number of nitrogens with zero attached hydrogens (tertiary/aromatic N) is 1. The van der Waals surface area contributed by atoms with Gasteiger partial charge < -0.3 is 19.7 Å². The molecule has 0 radical (unpaired) electrons. The highest BCUT2D eigenvalue weighted by molar-refractivity contribution is 7.80. The molecule has 1 aliphatic heterocycles. The number of rotatable bonds is 5. The summed E-state index contributed by atoms with van der Waals surface area (Å²) < 4.78 is 10.9. The molecule has 0 spiro atoms. The highest BCUT2D eigenvalue weighted by Crippen LogP contribution is 2.16. The van der Waals surface area contributed by atoms with Crippen LogP contribution >= 0.6 is 12.2 Å². The molecule has 0 bridgehead atoms. The minimum absolute atomic E-state index is 0.0125. The Balaban J connectivity index is 1.61. The van der Waals surface area contributed by atoms with Gasteiger partial charge in [-0.1, -0.05) is 12.1 Å². The van der Waals surface area contributed by atoms with Crippen LogP contribution in [0.25, 0.3) is 0 Å². The van der Waals surface area contributed by atoms with E-state index in [9.17, 15) is 9.59 Å². The third-order valence-corrected chi connectivity index (χ3v) is 4.56. The van der Waals surface area contributed by atoms with Gasteiger partial charge in [0.25, 0.3) is 11.8 Å². The van der Waals surface area contributed by atoms with Crippen molar-refractivity contribution in [1.82, 2.24) is 10.2 Å². The van der Waals surface area contributed by atoms with Crippen molar-refractivity contribution in [2.24, 2.45) is 0 Å². The highest BCUT2D eigenvalue weighted by atomic mass is 32.1. The van der Waals surface area contributed by atoms with Crippen LogP contribution in [0.4, 0.5) is 5.69 Å². The standard InChI is InChI=1S/C22H25N3O4S/c1-15(2)29-19-8-4-5-16(14-19)20(26)24-22(30)23-18-7-3-6-17(13-18)21(27)25-9-11-28-12-10-25/h3-8,13-15H,9-12H2,1-2H3,(H2,23,24,26,30). The van der Waals surface area contributed by atoms with Crippen LogP contribution < -0.4 is 15.4 Å². The van der Waals surface area contributed by atoms with E-state index >= 15 is 0 Å². The molecule has 0 aliphatic carbocycles. The molecule has 2 aromatic carbocycles. The summed E-state index contributed by atoms with van der Waals surface area (Å²) in [4.78, 5) is 26.9. The van der Waals surface area contributed by atoms with Gasteiger partial charge in [-0.25, -0.2) is 0 Å². The summed E-state index contributed by atoms with van der Waals surface area (Å²) in [6.45, 7) is 6.08. The SMILES string of the molecule is CC(C)Oc1cccc(C(=O)NC(=S)Nc2cccc(C(=O)N3CCOCC3)c2)c1. The highest BCUT2D eigenvalue weighted by Gasteiger charge is 2.19. The lowest BCUT2D eigenvalue weighted by Crippen LogP contribution is -2.40. The topological polar surface area (TPSA) is 79.9 Å². The van der Waals surface area contributed by atoms with E-state index in [0.29, 0.717) is 48.9 Å². The van der Waals surface area contributed by atoms with Crippen molar-refractivity contribution < 1.29 is 19.1 Å². The number of anilines is 1. The third kappa shape index (κ3) is 6.01. The number of amides is 2. The smallest absolute Gasteiger partial charge is 0.257 e. The Kier molecular flexibility index (Phi) is 7.37. The van der Waals surface area contributed by atoms with Gasteiger partial charge in [-0.15, -0.1) is 0 Å². The molecule has 1 aliphatic rings. The Labute approximate surface area is 181 Å². The lowest BCUT2D eigenvalue weighted by Gasteiger charge is -2.27. The molecule has 3 rings (SSSR count). The van der Waals surface area contributed by atoms with Crippen molar-refractivity contribution in [2.75, 3.05) is 31.6 Å². The molecule has 7 nitrogen and oxygen atoms in total. The monoisotopic (exact) mass is 427 g/mol. The van der Waals surface area contributed by atoms with Crippen LogP contribution in [0.1, 0.15) is 34.6 Å². The maximum atomic E-state index is 12.6.